The molecule has 104 valence electrons. The molecule has 1 aromatic heterocycles. The van der Waals surface area contributed by atoms with Crippen LogP contribution in [0, 0.1) is 5.92 Å². The maximum Gasteiger partial charge on any atom is 0.224 e. The van der Waals surface area contributed by atoms with Crippen LogP contribution in [0.2, 0.25) is 0 Å². The Labute approximate surface area is 122 Å². The molecule has 0 spiro atoms. The number of fused-ring (bicyclic) bond motifs is 1. The van der Waals surface area contributed by atoms with E-state index in [4.69, 9.17) is 4.98 Å². The van der Waals surface area contributed by atoms with Crippen molar-refractivity contribution < 1.29 is 4.79 Å². The van der Waals surface area contributed by atoms with Crippen LogP contribution in [-0.2, 0) is 4.79 Å². The Hall–Kier alpha value is -1.68. The molecule has 0 bridgehead atoms. The van der Waals surface area contributed by atoms with Gasteiger partial charge < -0.3 is 5.32 Å². The van der Waals surface area contributed by atoms with Crippen molar-refractivity contribution in [2.75, 3.05) is 6.54 Å². The molecule has 1 heterocycles. The number of thiazole rings is 1. The quantitative estimate of drug-likeness (QED) is 0.878. The number of benzene rings is 1. The molecular formula is C16H18N2OS. The smallest absolute Gasteiger partial charge is 0.224 e. The first-order valence-electron chi connectivity index (χ1n) is 7.07. The highest BCUT2D eigenvalue weighted by Crippen LogP contribution is 2.38. The largest absolute Gasteiger partial charge is 0.356 e. The van der Waals surface area contributed by atoms with E-state index < -0.39 is 0 Å². The van der Waals surface area contributed by atoms with E-state index in [1.807, 2.05) is 25.1 Å². The number of para-hydroxylation sites is 1. The molecule has 0 saturated carbocycles. The van der Waals surface area contributed by atoms with Crippen LogP contribution >= 0.6 is 11.3 Å². The molecule has 1 amide bonds. The maximum absolute atomic E-state index is 12.2. The lowest BCUT2D eigenvalue weighted by Gasteiger charge is -2.25. The van der Waals surface area contributed by atoms with Gasteiger partial charge in [0.2, 0.25) is 5.91 Å². The fourth-order valence-corrected chi connectivity index (χ4v) is 3.88. The van der Waals surface area contributed by atoms with Gasteiger partial charge in [-0.15, -0.1) is 11.3 Å². The first-order chi connectivity index (χ1) is 9.79. The Bertz CT molecular complexity index is 614. The molecule has 1 aliphatic rings. The molecule has 2 atom stereocenters. The molecule has 3 rings (SSSR count). The van der Waals surface area contributed by atoms with E-state index in [2.05, 4.69) is 23.5 Å². The van der Waals surface area contributed by atoms with Crippen molar-refractivity contribution in [3.8, 4) is 0 Å². The summed E-state index contributed by atoms with van der Waals surface area (Å²) in [7, 11) is 0. The van der Waals surface area contributed by atoms with E-state index in [1.54, 1.807) is 11.3 Å². The number of aromatic nitrogens is 1. The van der Waals surface area contributed by atoms with Crippen molar-refractivity contribution in [3.63, 3.8) is 0 Å². The van der Waals surface area contributed by atoms with Crippen molar-refractivity contribution in [2.24, 2.45) is 5.92 Å². The van der Waals surface area contributed by atoms with E-state index in [-0.39, 0.29) is 17.7 Å². The molecule has 1 aliphatic carbocycles. The van der Waals surface area contributed by atoms with Gasteiger partial charge in [0.1, 0.15) is 0 Å². The summed E-state index contributed by atoms with van der Waals surface area (Å²) in [5, 5.41) is 4.04. The number of carbonyl (C=O) groups excluding carboxylic acids is 1. The van der Waals surface area contributed by atoms with Gasteiger partial charge in [0.05, 0.1) is 21.1 Å². The van der Waals surface area contributed by atoms with Gasteiger partial charge in [-0.2, -0.15) is 0 Å². The molecule has 0 fully saturated rings. The summed E-state index contributed by atoms with van der Waals surface area (Å²) in [4.78, 5) is 17.0. The first kappa shape index (κ1) is 13.3. The summed E-state index contributed by atoms with van der Waals surface area (Å²) >= 11 is 1.72. The van der Waals surface area contributed by atoms with Crippen molar-refractivity contribution in [1.82, 2.24) is 10.3 Å². The normalized spacial score (nSPS) is 22.1. The Kier molecular flexibility index (Phi) is 3.83. The summed E-state index contributed by atoms with van der Waals surface area (Å²) in [5.41, 5.74) is 1.04. The number of nitrogens with zero attached hydrogens (tertiary/aromatic N) is 1. The minimum atomic E-state index is 0.0144. The van der Waals surface area contributed by atoms with Gasteiger partial charge in [-0.3, -0.25) is 4.79 Å². The minimum Gasteiger partial charge on any atom is -0.356 e. The zero-order valence-corrected chi connectivity index (χ0v) is 12.3. The molecule has 0 aliphatic heterocycles. The molecule has 4 heteroatoms. The van der Waals surface area contributed by atoms with Crippen molar-refractivity contribution in [3.05, 3.63) is 41.4 Å². The van der Waals surface area contributed by atoms with Crippen LogP contribution < -0.4 is 5.32 Å². The fraction of sp³-hybridized carbons (Fsp3) is 0.375. The second-order valence-electron chi connectivity index (χ2n) is 5.07. The molecule has 0 unspecified atom stereocenters. The number of hydrogen-bond acceptors (Lipinski definition) is 3. The molecule has 0 radical (unpaired) electrons. The summed E-state index contributed by atoms with van der Waals surface area (Å²) in [6.45, 7) is 2.65. The zero-order valence-electron chi connectivity index (χ0n) is 11.5. The lowest BCUT2D eigenvalue weighted by atomic mass is 9.82. The third-order valence-electron chi connectivity index (χ3n) is 3.75. The second-order valence-corrected chi connectivity index (χ2v) is 6.13. The highest BCUT2D eigenvalue weighted by Gasteiger charge is 2.31. The number of amides is 1. The van der Waals surface area contributed by atoms with Gasteiger partial charge in [-0.05, 0) is 31.9 Å². The Morgan fingerprint density at radius 3 is 2.95 bits per heavy atom. The summed E-state index contributed by atoms with van der Waals surface area (Å²) < 4.78 is 1.20. The number of rotatable bonds is 3. The van der Waals surface area contributed by atoms with Crippen molar-refractivity contribution in [1.29, 1.82) is 0 Å². The van der Waals surface area contributed by atoms with Crippen molar-refractivity contribution >= 4 is 27.5 Å². The zero-order chi connectivity index (χ0) is 13.9. The number of allylic oxidation sites excluding steroid dienone is 2. The number of nitrogens with one attached hydrogen (secondary N) is 1. The monoisotopic (exact) mass is 286 g/mol. The van der Waals surface area contributed by atoms with Gasteiger partial charge in [0.25, 0.3) is 0 Å². The average molecular weight is 286 g/mol. The van der Waals surface area contributed by atoms with Gasteiger partial charge in [-0.25, -0.2) is 4.98 Å². The lowest BCUT2D eigenvalue weighted by molar-refractivity contribution is -0.125. The molecule has 2 aromatic rings. The van der Waals surface area contributed by atoms with Gasteiger partial charge in [0, 0.05) is 12.5 Å². The van der Waals surface area contributed by atoms with Crippen LogP contribution in [-0.4, -0.2) is 17.4 Å². The second kappa shape index (κ2) is 5.75. The summed E-state index contributed by atoms with van der Waals surface area (Å²) in [6, 6.07) is 8.17. The first-order valence-corrected chi connectivity index (χ1v) is 7.89. The Morgan fingerprint density at radius 1 is 1.35 bits per heavy atom. The third-order valence-corrected chi connectivity index (χ3v) is 4.92. The van der Waals surface area contributed by atoms with E-state index in [9.17, 15) is 4.79 Å². The van der Waals surface area contributed by atoms with Crippen LogP contribution in [0.15, 0.2) is 36.4 Å². The van der Waals surface area contributed by atoms with Crippen LogP contribution in [0.4, 0.5) is 0 Å². The highest BCUT2D eigenvalue weighted by atomic mass is 32.1. The standard InChI is InChI=1S/C16H18N2OS/c1-2-17-15(19)11-7-3-4-8-12(11)16-18-13-9-5-6-10-14(13)20-16/h3-6,9-12H,2,7-8H2,1H3,(H,17,19)/t11-,12-/m0/s1. The SMILES string of the molecule is CCNC(=O)[C@H]1CC=CC[C@@H]1c1nc2ccccc2s1. The summed E-state index contributed by atoms with van der Waals surface area (Å²) in [5.74, 6) is 0.380. The molecule has 1 aromatic carbocycles. The number of carbonyl (C=O) groups is 1. The average Bonchev–Trinajstić information content (AvgIpc) is 2.91. The third kappa shape index (κ3) is 2.48. The van der Waals surface area contributed by atoms with Gasteiger partial charge in [0.15, 0.2) is 0 Å². The molecular weight excluding hydrogens is 268 g/mol. The molecule has 20 heavy (non-hydrogen) atoms. The van der Waals surface area contributed by atoms with Crippen LogP contribution in [0.25, 0.3) is 10.2 Å². The fourth-order valence-electron chi connectivity index (χ4n) is 2.73. The predicted molar refractivity (Wildman–Crippen MR) is 82.9 cm³/mol. The number of hydrogen-bond donors (Lipinski definition) is 1. The van der Waals surface area contributed by atoms with E-state index in [0.29, 0.717) is 6.54 Å². The lowest BCUT2D eigenvalue weighted by Crippen LogP contribution is -2.34. The Morgan fingerprint density at radius 2 is 2.15 bits per heavy atom. The van der Waals surface area contributed by atoms with Crippen LogP contribution in [0.3, 0.4) is 0 Å². The van der Waals surface area contributed by atoms with E-state index in [0.717, 1.165) is 23.4 Å². The van der Waals surface area contributed by atoms with Crippen molar-refractivity contribution in [2.45, 2.75) is 25.7 Å². The van der Waals surface area contributed by atoms with Crippen LogP contribution in [0.1, 0.15) is 30.7 Å². The molecule has 0 saturated heterocycles. The predicted octanol–water partition coefficient (Wildman–Crippen LogP) is 3.48. The van der Waals surface area contributed by atoms with E-state index in [1.165, 1.54) is 4.70 Å². The molecule has 1 N–H and O–H groups in total. The molecule has 3 nitrogen and oxygen atoms in total. The summed E-state index contributed by atoms with van der Waals surface area (Å²) in [6.07, 6.45) is 6.00. The highest BCUT2D eigenvalue weighted by molar-refractivity contribution is 7.18. The van der Waals surface area contributed by atoms with Crippen LogP contribution in [0.5, 0.6) is 0 Å². The maximum atomic E-state index is 12.2. The topological polar surface area (TPSA) is 42.0 Å². The van der Waals surface area contributed by atoms with Gasteiger partial charge >= 0.3 is 0 Å². The Balaban J connectivity index is 1.93. The van der Waals surface area contributed by atoms with Gasteiger partial charge in [-0.1, -0.05) is 24.3 Å². The van der Waals surface area contributed by atoms with E-state index >= 15 is 0 Å². The minimum absolute atomic E-state index is 0.0144.